The number of benzene rings is 2. The maximum atomic E-state index is 13.5. The molecule has 13 heteroatoms. The number of aromatic nitrogens is 2. The minimum atomic E-state index is -3.89. The Morgan fingerprint density at radius 1 is 1.18 bits per heavy atom. The Morgan fingerprint density at radius 2 is 1.88 bits per heavy atom. The van der Waals surface area contributed by atoms with Crippen LogP contribution in [0.1, 0.15) is 49.6 Å². The first-order chi connectivity index (χ1) is 19.0. The highest BCUT2D eigenvalue weighted by Gasteiger charge is 2.37. The molecule has 2 heterocycles. The maximum Gasteiger partial charge on any atom is 0.248 e. The Balaban J connectivity index is 1.45. The third kappa shape index (κ3) is 5.75. The molecule has 1 atom stereocenters. The standard InChI is InChI=1S/C27H29F2N5O5S/c1-16(33-36)19-4-2-18(3-5-19)14-34-22-13-20(6-7-23(22)40(37,38)15-21(30)26(34)35)25-32-31-24(39-25)12-17-8-10-27(28,29)11-9-17/h2-7,13,17,21,36H,8-12,14-15,30H2,1H3/b33-16+/t21-/m0/s1. The highest BCUT2D eigenvalue weighted by molar-refractivity contribution is 7.91. The molecule has 1 aliphatic carbocycles. The third-order valence-electron chi connectivity index (χ3n) is 7.44. The Kier molecular flexibility index (Phi) is 7.44. The van der Waals surface area contributed by atoms with Crippen molar-refractivity contribution < 1.29 is 31.6 Å². The molecule has 212 valence electrons. The van der Waals surface area contributed by atoms with Crippen molar-refractivity contribution in [3.8, 4) is 11.5 Å². The van der Waals surface area contributed by atoms with Crippen molar-refractivity contribution in [2.75, 3.05) is 10.7 Å². The average molecular weight is 574 g/mol. The lowest BCUT2D eigenvalue weighted by Crippen LogP contribution is -2.45. The number of oxime groups is 1. The van der Waals surface area contributed by atoms with Crippen LogP contribution in [0.15, 0.2) is 56.9 Å². The van der Waals surface area contributed by atoms with Crippen LogP contribution in [-0.4, -0.2) is 53.2 Å². The number of carbonyl (C=O) groups is 1. The van der Waals surface area contributed by atoms with Gasteiger partial charge in [-0.25, -0.2) is 17.2 Å². The van der Waals surface area contributed by atoms with E-state index in [0.717, 1.165) is 0 Å². The molecule has 5 rings (SSSR count). The van der Waals surface area contributed by atoms with Gasteiger partial charge in [0, 0.05) is 24.8 Å². The minimum absolute atomic E-state index is 0.0125. The first kappa shape index (κ1) is 27.8. The molecule has 2 aromatic carbocycles. The van der Waals surface area contributed by atoms with E-state index >= 15 is 0 Å². The molecule has 1 aliphatic heterocycles. The minimum Gasteiger partial charge on any atom is -0.421 e. The Hall–Kier alpha value is -3.71. The lowest BCUT2D eigenvalue weighted by Gasteiger charge is -2.27. The molecule has 0 bridgehead atoms. The van der Waals surface area contributed by atoms with Crippen LogP contribution in [0.2, 0.25) is 0 Å². The topological polar surface area (TPSA) is 152 Å². The number of alkyl halides is 2. The molecule has 40 heavy (non-hydrogen) atoms. The summed E-state index contributed by atoms with van der Waals surface area (Å²) in [7, 11) is -3.89. The molecule has 3 aromatic rings. The zero-order valence-electron chi connectivity index (χ0n) is 21.8. The Bertz CT molecular complexity index is 1550. The zero-order valence-corrected chi connectivity index (χ0v) is 22.6. The Morgan fingerprint density at radius 3 is 2.55 bits per heavy atom. The van der Waals surface area contributed by atoms with Gasteiger partial charge in [-0.15, -0.1) is 10.2 Å². The summed E-state index contributed by atoms with van der Waals surface area (Å²) in [5.41, 5.74) is 8.36. The summed E-state index contributed by atoms with van der Waals surface area (Å²) in [4.78, 5) is 14.6. The maximum absolute atomic E-state index is 13.5. The smallest absolute Gasteiger partial charge is 0.248 e. The van der Waals surface area contributed by atoms with Crippen LogP contribution >= 0.6 is 0 Å². The molecule has 1 amide bonds. The predicted octanol–water partition coefficient (Wildman–Crippen LogP) is 3.95. The van der Waals surface area contributed by atoms with E-state index in [2.05, 4.69) is 15.4 Å². The van der Waals surface area contributed by atoms with E-state index in [9.17, 15) is 22.0 Å². The highest BCUT2D eigenvalue weighted by atomic mass is 32.2. The van der Waals surface area contributed by atoms with Gasteiger partial charge in [0.25, 0.3) is 0 Å². The van der Waals surface area contributed by atoms with Gasteiger partial charge in [0.15, 0.2) is 9.84 Å². The molecule has 0 saturated heterocycles. The monoisotopic (exact) mass is 573 g/mol. The van der Waals surface area contributed by atoms with Crippen LogP contribution < -0.4 is 10.6 Å². The van der Waals surface area contributed by atoms with Gasteiger partial charge < -0.3 is 20.3 Å². The van der Waals surface area contributed by atoms with E-state index in [1.165, 1.54) is 23.1 Å². The summed E-state index contributed by atoms with van der Waals surface area (Å²) < 4.78 is 59.1. The van der Waals surface area contributed by atoms with E-state index in [1.807, 2.05) is 0 Å². The fourth-order valence-corrected chi connectivity index (χ4v) is 6.66. The first-order valence-electron chi connectivity index (χ1n) is 12.9. The fourth-order valence-electron chi connectivity index (χ4n) is 5.10. The summed E-state index contributed by atoms with van der Waals surface area (Å²) in [6.45, 7) is 1.68. The van der Waals surface area contributed by atoms with Gasteiger partial charge >= 0.3 is 0 Å². The van der Waals surface area contributed by atoms with Crippen molar-refractivity contribution in [1.82, 2.24) is 10.2 Å². The molecule has 0 radical (unpaired) electrons. The summed E-state index contributed by atoms with van der Waals surface area (Å²) in [6.07, 6.45) is 0.777. The van der Waals surface area contributed by atoms with Crippen LogP contribution in [0.4, 0.5) is 14.5 Å². The number of anilines is 1. The second kappa shape index (κ2) is 10.7. The molecule has 1 fully saturated rings. The molecule has 0 spiro atoms. The SMILES string of the molecule is C/C(=N\O)c1ccc(CN2C(=O)[C@@H](N)CS(=O)(=O)c3ccc(-c4nnc(CC5CCC(F)(F)CC5)o4)cc32)cc1. The number of hydrogen-bond acceptors (Lipinski definition) is 9. The van der Waals surface area contributed by atoms with Gasteiger partial charge in [0.05, 0.1) is 34.6 Å². The lowest BCUT2D eigenvalue weighted by atomic mass is 9.85. The highest BCUT2D eigenvalue weighted by Crippen LogP contribution is 2.38. The van der Waals surface area contributed by atoms with Crippen LogP contribution in [-0.2, 0) is 27.6 Å². The van der Waals surface area contributed by atoms with Crippen LogP contribution in [0.3, 0.4) is 0 Å². The third-order valence-corrected chi connectivity index (χ3v) is 9.26. The summed E-state index contributed by atoms with van der Waals surface area (Å²) in [5.74, 6) is -3.27. The molecule has 10 nitrogen and oxygen atoms in total. The molecule has 3 N–H and O–H groups in total. The van der Waals surface area contributed by atoms with Crippen LogP contribution in [0.25, 0.3) is 11.5 Å². The van der Waals surface area contributed by atoms with Gasteiger partial charge in [0.2, 0.25) is 23.6 Å². The van der Waals surface area contributed by atoms with E-state index in [4.69, 9.17) is 15.4 Å². The van der Waals surface area contributed by atoms with Gasteiger partial charge in [-0.2, -0.15) is 0 Å². The molecule has 2 aliphatic rings. The largest absolute Gasteiger partial charge is 0.421 e. The number of amides is 1. The number of sulfone groups is 1. The molecule has 1 aromatic heterocycles. The van der Waals surface area contributed by atoms with Crippen molar-refractivity contribution in [3.63, 3.8) is 0 Å². The van der Waals surface area contributed by atoms with E-state index in [-0.39, 0.29) is 41.8 Å². The quantitative estimate of drug-likeness (QED) is 0.255. The lowest BCUT2D eigenvalue weighted by molar-refractivity contribution is -0.119. The van der Waals surface area contributed by atoms with Crippen molar-refractivity contribution in [1.29, 1.82) is 0 Å². The van der Waals surface area contributed by atoms with Crippen molar-refractivity contribution >= 4 is 27.1 Å². The van der Waals surface area contributed by atoms with Gasteiger partial charge in [-0.05, 0) is 55.0 Å². The number of hydrogen-bond donors (Lipinski definition) is 2. The first-order valence-corrected chi connectivity index (χ1v) is 14.5. The molecular weight excluding hydrogens is 544 g/mol. The molecule has 1 saturated carbocycles. The fraction of sp³-hybridized carbons (Fsp3) is 0.407. The number of carbonyl (C=O) groups excluding carboxylic acids is 1. The number of nitrogens with two attached hydrogens (primary N) is 1. The number of halogens is 2. The van der Waals surface area contributed by atoms with Crippen molar-refractivity contribution in [3.05, 3.63) is 59.5 Å². The van der Waals surface area contributed by atoms with E-state index < -0.39 is 33.5 Å². The molecule has 0 unspecified atom stereocenters. The molecular formula is C27H29F2N5O5S. The predicted molar refractivity (Wildman–Crippen MR) is 142 cm³/mol. The number of nitrogens with zero attached hydrogens (tertiary/aromatic N) is 4. The Labute approximate surface area is 229 Å². The van der Waals surface area contributed by atoms with Gasteiger partial charge in [-0.1, -0.05) is 29.4 Å². The van der Waals surface area contributed by atoms with Crippen LogP contribution in [0, 0.1) is 5.92 Å². The number of rotatable bonds is 6. The summed E-state index contributed by atoms with van der Waals surface area (Å²) >= 11 is 0. The van der Waals surface area contributed by atoms with E-state index in [0.29, 0.717) is 47.6 Å². The number of fused-ring (bicyclic) bond motifs is 1. The van der Waals surface area contributed by atoms with Crippen molar-refractivity contribution in [2.24, 2.45) is 16.8 Å². The van der Waals surface area contributed by atoms with Crippen molar-refractivity contribution in [2.45, 2.75) is 62.4 Å². The normalized spacial score (nSPS) is 21.2. The zero-order chi connectivity index (χ0) is 28.7. The summed E-state index contributed by atoms with van der Waals surface area (Å²) in [5, 5.41) is 20.4. The van der Waals surface area contributed by atoms with Gasteiger partial charge in [0.1, 0.15) is 0 Å². The van der Waals surface area contributed by atoms with Gasteiger partial charge in [-0.3, -0.25) is 4.79 Å². The second-order valence-electron chi connectivity index (χ2n) is 10.4. The second-order valence-corrected chi connectivity index (χ2v) is 12.4. The average Bonchev–Trinajstić information content (AvgIpc) is 3.38. The van der Waals surface area contributed by atoms with E-state index in [1.54, 1.807) is 31.2 Å². The van der Waals surface area contributed by atoms with Crippen LogP contribution in [0.5, 0.6) is 0 Å². The summed E-state index contributed by atoms with van der Waals surface area (Å²) in [6, 6.07) is 10.1.